The number of benzene rings is 1. The average Bonchev–Trinajstić information content (AvgIpc) is 2.60. The quantitative estimate of drug-likeness (QED) is 0.746. The highest BCUT2D eigenvalue weighted by atomic mass is 35.5. The van der Waals surface area contributed by atoms with E-state index in [2.05, 4.69) is 0 Å². The van der Waals surface area contributed by atoms with Crippen LogP contribution in [0.2, 0.25) is 5.02 Å². The number of nitrogens with zero attached hydrogens (tertiary/aromatic N) is 3. The van der Waals surface area contributed by atoms with Gasteiger partial charge in [0, 0.05) is 45.8 Å². The summed E-state index contributed by atoms with van der Waals surface area (Å²) >= 11 is 6.11. The molecule has 27 heavy (non-hydrogen) atoms. The van der Waals surface area contributed by atoms with Gasteiger partial charge in [0.05, 0.1) is 11.1 Å². The van der Waals surface area contributed by atoms with Gasteiger partial charge in [-0.3, -0.25) is 4.79 Å². The van der Waals surface area contributed by atoms with E-state index in [0.717, 1.165) is 0 Å². The van der Waals surface area contributed by atoms with Crippen molar-refractivity contribution in [2.45, 2.75) is 24.8 Å². The molecule has 2 rings (SSSR count). The predicted octanol–water partition coefficient (Wildman–Crippen LogP) is 1.89. The second kappa shape index (κ2) is 8.45. The largest absolute Gasteiger partial charge is 0.447 e. The summed E-state index contributed by atoms with van der Waals surface area (Å²) in [7, 11) is -0.727. The maximum absolute atomic E-state index is 13.0. The molecule has 0 unspecified atom stereocenters. The van der Waals surface area contributed by atoms with Gasteiger partial charge in [-0.1, -0.05) is 11.6 Å². The maximum atomic E-state index is 13.0. The third-order valence-electron chi connectivity index (χ3n) is 4.04. The Kier molecular flexibility index (Phi) is 6.72. The molecule has 10 heteroatoms. The van der Waals surface area contributed by atoms with Crippen LogP contribution in [0.4, 0.5) is 4.79 Å². The lowest BCUT2D eigenvalue weighted by Crippen LogP contribution is -2.51. The molecule has 1 aliphatic heterocycles. The summed E-state index contributed by atoms with van der Waals surface area (Å²) in [6.45, 7) is 4.19. The van der Waals surface area contributed by atoms with Gasteiger partial charge in [-0.05, 0) is 32.0 Å². The molecule has 0 aliphatic carbocycles. The molecule has 0 atom stereocenters. The molecule has 0 N–H and O–H groups in total. The van der Waals surface area contributed by atoms with Crippen LogP contribution >= 0.6 is 11.6 Å². The van der Waals surface area contributed by atoms with Crippen LogP contribution in [0.25, 0.3) is 0 Å². The SMILES string of the molecule is CC(C)OC(=O)N1CCN(S(=O)(=O)c2cc(C(=O)N(C)C)ccc2Cl)CC1. The Morgan fingerprint density at radius 2 is 1.74 bits per heavy atom. The lowest BCUT2D eigenvalue weighted by molar-refractivity contribution is 0.0666. The molecule has 1 saturated heterocycles. The predicted molar refractivity (Wildman–Crippen MR) is 101 cm³/mol. The van der Waals surface area contributed by atoms with Crippen molar-refractivity contribution in [1.82, 2.24) is 14.1 Å². The van der Waals surface area contributed by atoms with Crippen molar-refractivity contribution in [3.05, 3.63) is 28.8 Å². The van der Waals surface area contributed by atoms with Gasteiger partial charge >= 0.3 is 6.09 Å². The molecule has 1 aromatic rings. The van der Waals surface area contributed by atoms with Crippen molar-refractivity contribution in [3.8, 4) is 0 Å². The first kappa shape index (κ1) is 21.5. The van der Waals surface area contributed by atoms with E-state index in [0.29, 0.717) is 0 Å². The van der Waals surface area contributed by atoms with Gasteiger partial charge in [-0.25, -0.2) is 13.2 Å². The molecule has 1 fully saturated rings. The fourth-order valence-electron chi connectivity index (χ4n) is 2.62. The molecular weight excluding hydrogens is 394 g/mol. The highest BCUT2D eigenvalue weighted by Gasteiger charge is 2.32. The molecule has 1 heterocycles. The number of halogens is 1. The molecule has 2 amide bonds. The minimum atomic E-state index is -3.89. The van der Waals surface area contributed by atoms with E-state index < -0.39 is 16.1 Å². The zero-order valence-corrected chi connectivity index (χ0v) is 17.4. The Labute approximate surface area is 164 Å². The Hall–Kier alpha value is -1.84. The van der Waals surface area contributed by atoms with Crippen LogP contribution in [0.15, 0.2) is 23.1 Å². The summed E-state index contributed by atoms with van der Waals surface area (Å²) in [6, 6.07) is 4.18. The smallest absolute Gasteiger partial charge is 0.410 e. The zero-order valence-electron chi connectivity index (χ0n) is 15.8. The van der Waals surface area contributed by atoms with E-state index in [1.54, 1.807) is 27.9 Å². The number of rotatable bonds is 4. The van der Waals surface area contributed by atoms with Gasteiger partial charge in [-0.15, -0.1) is 0 Å². The van der Waals surface area contributed by atoms with Crippen molar-refractivity contribution in [3.63, 3.8) is 0 Å². The Balaban J connectivity index is 2.19. The highest BCUT2D eigenvalue weighted by molar-refractivity contribution is 7.89. The molecule has 0 bridgehead atoms. The first-order chi connectivity index (χ1) is 12.5. The summed E-state index contributed by atoms with van der Waals surface area (Å²) in [4.78, 5) is 26.8. The zero-order chi connectivity index (χ0) is 20.4. The van der Waals surface area contributed by atoms with Crippen LogP contribution in [0, 0.1) is 0 Å². The first-order valence-corrected chi connectivity index (χ1v) is 10.3. The second-order valence-electron chi connectivity index (χ2n) is 6.67. The topological polar surface area (TPSA) is 87.2 Å². The minimum Gasteiger partial charge on any atom is -0.447 e. The van der Waals surface area contributed by atoms with E-state index in [-0.39, 0.29) is 53.7 Å². The monoisotopic (exact) mass is 417 g/mol. The number of hydrogen-bond donors (Lipinski definition) is 0. The summed E-state index contributed by atoms with van der Waals surface area (Å²) in [5, 5.41) is 0.0481. The van der Waals surface area contributed by atoms with Crippen molar-refractivity contribution >= 4 is 33.6 Å². The van der Waals surface area contributed by atoms with Gasteiger partial charge in [0.2, 0.25) is 10.0 Å². The molecule has 0 radical (unpaired) electrons. The van der Waals surface area contributed by atoms with E-state index in [1.807, 2.05) is 0 Å². The summed E-state index contributed by atoms with van der Waals surface area (Å²) in [6.07, 6.45) is -0.700. The Morgan fingerprint density at radius 3 is 2.26 bits per heavy atom. The average molecular weight is 418 g/mol. The lowest BCUT2D eigenvalue weighted by atomic mass is 10.2. The number of sulfonamides is 1. The van der Waals surface area contributed by atoms with E-state index in [4.69, 9.17) is 16.3 Å². The van der Waals surface area contributed by atoms with Gasteiger partial charge in [-0.2, -0.15) is 4.31 Å². The van der Waals surface area contributed by atoms with E-state index >= 15 is 0 Å². The maximum Gasteiger partial charge on any atom is 0.410 e. The normalized spacial score (nSPS) is 15.7. The first-order valence-electron chi connectivity index (χ1n) is 8.51. The molecular formula is C17H24ClN3O5S. The number of ether oxygens (including phenoxy) is 1. The molecule has 1 aromatic carbocycles. The van der Waals surface area contributed by atoms with E-state index in [1.165, 1.54) is 32.3 Å². The summed E-state index contributed by atoms with van der Waals surface area (Å²) in [5.41, 5.74) is 0.238. The second-order valence-corrected chi connectivity index (χ2v) is 8.98. The Bertz CT molecular complexity index is 818. The van der Waals surface area contributed by atoms with Gasteiger partial charge in [0.15, 0.2) is 0 Å². The number of carbonyl (C=O) groups excluding carboxylic acids is 2. The summed E-state index contributed by atoms with van der Waals surface area (Å²) < 4.78 is 32.4. The van der Waals surface area contributed by atoms with Crippen molar-refractivity contribution < 1.29 is 22.7 Å². The van der Waals surface area contributed by atoms with Crippen molar-refractivity contribution in [2.75, 3.05) is 40.3 Å². The molecule has 150 valence electrons. The third kappa shape index (κ3) is 4.91. The standard InChI is InChI=1S/C17H24ClN3O5S/c1-12(2)26-17(23)20-7-9-21(10-8-20)27(24,25)15-11-13(5-6-14(15)18)16(22)19(3)4/h5-6,11-12H,7-10H2,1-4H3. The van der Waals surface area contributed by atoms with Gasteiger partial charge < -0.3 is 14.5 Å². The van der Waals surface area contributed by atoms with Crippen LogP contribution < -0.4 is 0 Å². The van der Waals surface area contributed by atoms with Crippen LogP contribution in [-0.2, 0) is 14.8 Å². The molecule has 0 saturated carbocycles. The summed E-state index contributed by atoms with van der Waals surface area (Å²) in [5.74, 6) is -0.315. The van der Waals surface area contributed by atoms with Gasteiger partial charge in [0.1, 0.15) is 4.90 Å². The van der Waals surface area contributed by atoms with Crippen LogP contribution in [-0.4, -0.2) is 80.9 Å². The van der Waals surface area contributed by atoms with Crippen LogP contribution in [0.5, 0.6) is 0 Å². The fraction of sp³-hybridized carbons (Fsp3) is 0.529. The van der Waals surface area contributed by atoms with Crippen LogP contribution in [0.3, 0.4) is 0 Å². The van der Waals surface area contributed by atoms with Crippen molar-refractivity contribution in [1.29, 1.82) is 0 Å². The molecule has 1 aliphatic rings. The van der Waals surface area contributed by atoms with Crippen molar-refractivity contribution in [2.24, 2.45) is 0 Å². The number of hydrogen-bond acceptors (Lipinski definition) is 5. The van der Waals surface area contributed by atoms with Crippen LogP contribution in [0.1, 0.15) is 24.2 Å². The Morgan fingerprint density at radius 1 is 1.15 bits per heavy atom. The number of amides is 2. The highest BCUT2D eigenvalue weighted by Crippen LogP contribution is 2.27. The number of carbonyl (C=O) groups is 2. The third-order valence-corrected chi connectivity index (χ3v) is 6.42. The van der Waals surface area contributed by atoms with Gasteiger partial charge in [0.25, 0.3) is 5.91 Å². The van der Waals surface area contributed by atoms with E-state index in [9.17, 15) is 18.0 Å². The molecule has 0 spiro atoms. The molecule has 0 aromatic heterocycles. The minimum absolute atomic E-state index is 0.0481. The fourth-order valence-corrected chi connectivity index (χ4v) is 4.54. The molecule has 8 nitrogen and oxygen atoms in total. The lowest BCUT2D eigenvalue weighted by Gasteiger charge is -2.33. The number of piperazine rings is 1.